The van der Waals surface area contributed by atoms with Gasteiger partial charge in [-0.05, 0) is 13.0 Å². The highest BCUT2D eigenvalue weighted by atomic mass is 16.6. The largest absolute Gasteiger partial charge is 0.363 e. The summed E-state index contributed by atoms with van der Waals surface area (Å²) in [5.74, 6) is 5.64. The summed E-state index contributed by atoms with van der Waals surface area (Å²) in [6.45, 7) is 2.17. The highest BCUT2D eigenvalue weighted by Crippen LogP contribution is 2.25. The van der Waals surface area contributed by atoms with Crippen LogP contribution in [0.15, 0.2) is 12.3 Å². The Hall–Kier alpha value is -2.60. The number of nitrogens with one attached hydrogen (secondary N) is 1. The number of nitro groups is 1. The van der Waals surface area contributed by atoms with Crippen LogP contribution in [0.1, 0.15) is 18.9 Å². The zero-order chi connectivity index (χ0) is 12.7. The number of aromatic nitrogens is 1. The molecule has 1 N–H and O–H groups in total. The summed E-state index contributed by atoms with van der Waals surface area (Å²) in [6, 6.07) is 3.08. The molecule has 0 saturated heterocycles. The topological polar surface area (TPSA) is 91.8 Å². The van der Waals surface area contributed by atoms with Gasteiger partial charge in [0.2, 0.25) is 5.82 Å². The molecule has 0 aliphatic rings. The maximum absolute atomic E-state index is 10.8. The first-order chi connectivity index (χ1) is 8.20. The molecular weight excluding hydrogens is 220 g/mol. The third-order valence-electron chi connectivity index (χ3n) is 1.95. The predicted octanol–water partition coefficient (Wildman–Crippen LogP) is 1.69. The Morgan fingerprint density at radius 3 is 3.00 bits per heavy atom. The second-order valence-corrected chi connectivity index (χ2v) is 3.03. The van der Waals surface area contributed by atoms with Crippen LogP contribution in [0.5, 0.6) is 0 Å². The van der Waals surface area contributed by atoms with Gasteiger partial charge in [0.05, 0.1) is 4.92 Å². The van der Waals surface area contributed by atoms with Gasteiger partial charge in [0, 0.05) is 19.2 Å². The van der Waals surface area contributed by atoms with Crippen molar-refractivity contribution in [2.75, 3.05) is 11.9 Å². The molecule has 1 heterocycles. The molecule has 86 valence electrons. The van der Waals surface area contributed by atoms with Gasteiger partial charge in [-0.2, -0.15) is 5.26 Å². The predicted molar refractivity (Wildman–Crippen MR) is 62.2 cm³/mol. The molecule has 1 rings (SSSR count). The van der Waals surface area contributed by atoms with Crippen molar-refractivity contribution in [3.05, 3.63) is 27.9 Å². The molecule has 6 heteroatoms. The fourth-order valence-electron chi connectivity index (χ4n) is 1.23. The average Bonchev–Trinajstić information content (AvgIpc) is 2.33. The molecule has 0 aromatic carbocycles. The normalized spacial score (nSPS) is 8.71. The molecule has 0 aliphatic heterocycles. The summed E-state index contributed by atoms with van der Waals surface area (Å²) in [6.07, 6.45) is 1.92. The Balaban J connectivity index is 2.94. The van der Waals surface area contributed by atoms with Gasteiger partial charge < -0.3 is 5.32 Å². The fourth-order valence-corrected chi connectivity index (χ4v) is 1.23. The minimum atomic E-state index is -0.612. The minimum Gasteiger partial charge on any atom is -0.363 e. The zero-order valence-electron chi connectivity index (χ0n) is 9.23. The van der Waals surface area contributed by atoms with Crippen LogP contribution in [0.2, 0.25) is 0 Å². The molecule has 0 fully saturated rings. The van der Waals surface area contributed by atoms with Crippen molar-refractivity contribution in [1.82, 2.24) is 4.98 Å². The van der Waals surface area contributed by atoms with Gasteiger partial charge in [0.15, 0.2) is 0 Å². The van der Waals surface area contributed by atoms with Crippen LogP contribution in [0.4, 0.5) is 11.5 Å². The number of nitriles is 1. The van der Waals surface area contributed by atoms with E-state index >= 15 is 0 Å². The van der Waals surface area contributed by atoms with E-state index in [4.69, 9.17) is 5.26 Å². The molecule has 0 saturated carbocycles. The summed E-state index contributed by atoms with van der Waals surface area (Å²) >= 11 is 0. The molecule has 0 spiro atoms. The number of hydrogen-bond acceptors (Lipinski definition) is 5. The second-order valence-electron chi connectivity index (χ2n) is 3.03. The van der Waals surface area contributed by atoms with E-state index in [0.29, 0.717) is 13.0 Å². The van der Waals surface area contributed by atoms with Crippen molar-refractivity contribution >= 4 is 11.5 Å². The van der Waals surface area contributed by atoms with E-state index in [1.54, 1.807) is 13.0 Å². The lowest BCUT2D eigenvalue weighted by Crippen LogP contribution is -2.06. The SMILES string of the molecule is CC#CCCNc1nccc(C#N)c1[N+](=O)[O-]. The van der Waals surface area contributed by atoms with Gasteiger partial charge in [0.25, 0.3) is 0 Å². The van der Waals surface area contributed by atoms with E-state index in [9.17, 15) is 10.1 Å². The standard InChI is InChI=1S/C11H10N4O2/c1-2-3-4-6-13-11-10(15(16)17)9(8-12)5-7-14-11/h5,7H,4,6H2,1H3,(H,13,14). The highest BCUT2D eigenvalue weighted by molar-refractivity contribution is 5.64. The number of nitrogens with zero attached hydrogens (tertiary/aromatic N) is 3. The van der Waals surface area contributed by atoms with Crippen molar-refractivity contribution in [3.8, 4) is 17.9 Å². The summed E-state index contributed by atoms with van der Waals surface area (Å²) in [5, 5.41) is 22.4. The highest BCUT2D eigenvalue weighted by Gasteiger charge is 2.20. The van der Waals surface area contributed by atoms with Gasteiger partial charge in [0.1, 0.15) is 11.6 Å². The third-order valence-corrected chi connectivity index (χ3v) is 1.95. The van der Waals surface area contributed by atoms with Crippen LogP contribution in [0.25, 0.3) is 0 Å². The molecular formula is C11H10N4O2. The van der Waals surface area contributed by atoms with E-state index < -0.39 is 4.92 Å². The Morgan fingerprint density at radius 2 is 2.41 bits per heavy atom. The Morgan fingerprint density at radius 1 is 1.65 bits per heavy atom. The average molecular weight is 230 g/mol. The fraction of sp³-hybridized carbons (Fsp3) is 0.273. The number of pyridine rings is 1. The summed E-state index contributed by atoms with van der Waals surface area (Å²) < 4.78 is 0. The minimum absolute atomic E-state index is 0.00549. The van der Waals surface area contributed by atoms with Crippen molar-refractivity contribution in [3.63, 3.8) is 0 Å². The van der Waals surface area contributed by atoms with Gasteiger partial charge in [-0.25, -0.2) is 4.98 Å². The number of hydrogen-bond donors (Lipinski definition) is 1. The van der Waals surface area contributed by atoms with Gasteiger partial charge in [-0.15, -0.1) is 11.8 Å². The van der Waals surface area contributed by atoms with E-state index in [2.05, 4.69) is 22.1 Å². The van der Waals surface area contributed by atoms with Crippen molar-refractivity contribution in [1.29, 1.82) is 5.26 Å². The van der Waals surface area contributed by atoms with Crippen LogP contribution in [0.3, 0.4) is 0 Å². The van der Waals surface area contributed by atoms with Crippen LogP contribution in [-0.4, -0.2) is 16.5 Å². The molecule has 0 aliphatic carbocycles. The molecule has 0 atom stereocenters. The van der Waals surface area contributed by atoms with E-state index in [1.165, 1.54) is 12.3 Å². The molecule has 0 bridgehead atoms. The first-order valence-corrected chi connectivity index (χ1v) is 4.87. The van der Waals surface area contributed by atoms with Crippen molar-refractivity contribution < 1.29 is 4.92 Å². The monoisotopic (exact) mass is 230 g/mol. The third kappa shape index (κ3) is 3.18. The zero-order valence-corrected chi connectivity index (χ0v) is 9.23. The van der Waals surface area contributed by atoms with Crippen LogP contribution >= 0.6 is 0 Å². The lowest BCUT2D eigenvalue weighted by Gasteiger charge is -2.04. The lowest BCUT2D eigenvalue weighted by molar-refractivity contribution is -0.384. The molecule has 0 unspecified atom stereocenters. The van der Waals surface area contributed by atoms with Crippen LogP contribution in [0, 0.1) is 33.3 Å². The smallest absolute Gasteiger partial charge is 0.328 e. The molecule has 1 aromatic rings. The maximum atomic E-state index is 10.8. The summed E-state index contributed by atoms with van der Waals surface area (Å²) in [7, 11) is 0. The lowest BCUT2D eigenvalue weighted by atomic mass is 10.2. The van der Waals surface area contributed by atoms with Crippen molar-refractivity contribution in [2.24, 2.45) is 0 Å². The Kier molecular flexibility index (Phi) is 4.46. The van der Waals surface area contributed by atoms with Crippen LogP contribution in [-0.2, 0) is 0 Å². The van der Waals surface area contributed by atoms with E-state index in [0.717, 1.165) is 0 Å². The first kappa shape index (κ1) is 12.5. The Bertz CT molecular complexity index is 522. The first-order valence-electron chi connectivity index (χ1n) is 4.87. The van der Waals surface area contributed by atoms with Crippen molar-refractivity contribution in [2.45, 2.75) is 13.3 Å². The van der Waals surface area contributed by atoms with Crippen LogP contribution < -0.4 is 5.32 Å². The van der Waals surface area contributed by atoms with Gasteiger partial charge >= 0.3 is 5.69 Å². The number of anilines is 1. The molecule has 17 heavy (non-hydrogen) atoms. The molecule has 0 radical (unpaired) electrons. The van der Waals surface area contributed by atoms with Gasteiger partial charge in [-0.1, -0.05) is 0 Å². The Labute approximate surface area is 98.4 Å². The maximum Gasteiger partial charge on any atom is 0.328 e. The molecule has 0 amide bonds. The van der Waals surface area contributed by atoms with E-state index in [1.807, 2.05) is 0 Å². The molecule has 1 aromatic heterocycles. The van der Waals surface area contributed by atoms with Gasteiger partial charge in [-0.3, -0.25) is 10.1 Å². The quantitative estimate of drug-likeness (QED) is 0.367. The second kappa shape index (κ2) is 6.09. The summed E-state index contributed by atoms with van der Waals surface area (Å²) in [4.78, 5) is 14.1. The number of rotatable bonds is 4. The van der Waals surface area contributed by atoms with E-state index in [-0.39, 0.29) is 17.1 Å². The molecule has 6 nitrogen and oxygen atoms in total. The summed E-state index contributed by atoms with van der Waals surface area (Å²) in [5.41, 5.74) is -0.298.